The summed E-state index contributed by atoms with van der Waals surface area (Å²) in [6, 6.07) is 20.9. The van der Waals surface area contributed by atoms with E-state index >= 15 is 0 Å². The number of aromatic nitrogens is 1. The molecule has 0 aliphatic carbocycles. The Labute approximate surface area is 111 Å². The number of thiophene rings is 1. The van der Waals surface area contributed by atoms with Crippen LogP contribution in [-0.2, 0) is 6.42 Å². The summed E-state index contributed by atoms with van der Waals surface area (Å²) in [6.07, 6.45) is 0.889. The van der Waals surface area contributed by atoms with Crippen LogP contribution in [0, 0.1) is 0 Å². The summed E-state index contributed by atoms with van der Waals surface area (Å²) in [5.41, 5.74) is 3.49. The molecule has 88 valence electrons. The van der Waals surface area contributed by atoms with Crippen LogP contribution in [0.3, 0.4) is 0 Å². The molecule has 2 aromatic heterocycles. The molecule has 0 fully saturated rings. The summed E-state index contributed by atoms with van der Waals surface area (Å²) in [7, 11) is 0. The van der Waals surface area contributed by atoms with Crippen LogP contribution in [-0.4, -0.2) is 4.98 Å². The zero-order chi connectivity index (χ0) is 12.2. The Hall–Kier alpha value is -1.93. The molecule has 0 bridgehead atoms. The lowest BCUT2D eigenvalue weighted by atomic mass is 10.1. The van der Waals surface area contributed by atoms with Crippen molar-refractivity contribution in [2.45, 2.75) is 6.42 Å². The Kier molecular flexibility index (Phi) is 3.20. The smallest absolute Gasteiger partial charge is 0.0805 e. The lowest BCUT2D eigenvalue weighted by Gasteiger charge is -2.03. The molecular formula is C16H13NS. The van der Waals surface area contributed by atoms with Gasteiger partial charge in [-0.15, -0.1) is 11.3 Å². The normalized spacial score (nSPS) is 10.4. The van der Waals surface area contributed by atoms with E-state index in [0.717, 1.165) is 17.8 Å². The molecule has 0 atom stereocenters. The highest BCUT2D eigenvalue weighted by Crippen LogP contribution is 2.23. The Morgan fingerprint density at radius 2 is 1.72 bits per heavy atom. The van der Waals surface area contributed by atoms with E-state index in [9.17, 15) is 0 Å². The zero-order valence-electron chi connectivity index (χ0n) is 9.91. The number of hydrogen-bond acceptors (Lipinski definition) is 2. The van der Waals surface area contributed by atoms with Crippen molar-refractivity contribution in [3.05, 3.63) is 77.3 Å². The first-order chi connectivity index (χ1) is 8.92. The minimum atomic E-state index is 0.889. The van der Waals surface area contributed by atoms with Crippen LogP contribution in [0.25, 0.3) is 10.6 Å². The van der Waals surface area contributed by atoms with Gasteiger partial charge in [-0.25, -0.2) is 0 Å². The van der Waals surface area contributed by atoms with Crippen LogP contribution in [0.4, 0.5) is 0 Å². The second-order valence-electron chi connectivity index (χ2n) is 4.15. The van der Waals surface area contributed by atoms with E-state index in [2.05, 4.69) is 60.0 Å². The SMILES string of the molecule is c1ccc(Cc2cccc(-c3cccs3)n2)cc1. The van der Waals surface area contributed by atoms with E-state index in [1.165, 1.54) is 10.4 Å². The van der Waals surface area contributed by atoms with Gasteiger partial charge in [0.2, 0.25) is 0 Å². The van der Waals surface area contributed by atoms with Crippen molar-refractivity contribution in [2.75, 3.05) is 0 Å². The first kappa shape index (κ1) is 11.2. The number of hydrogen-bond donors (Lipinski definition) is 0. The summed E-state index contributed by atoms with van der Waals surface area (Å²) < 4.78 is 0. The molecule has 3 rings (SSSR count). The fraction of sp³-hybridized carbons (Fsp3) is 0.0625. The number of nitrogens with zero attached hydrogens (tertiary/aromatic N) is 1. The quantitative estimate of drug-likeness (QED) is 0.672. The van der Waals surface area contributed by atoms with Crippen LogP contribution in [0.1, 0.15) is 11.3 Å². The van der Waals surface area contributed by atoms with Gasteiger partial charge < -0.3 is 0 Å². The summed E-state index contributed by atoms with van der Waals surface area (Å²) in [5.74, 6) is 0. The van der Waals surface area contributed by atoms with Gasteiger partial charge in [0.25, 0.3) is 0 Å². The van der Waals surface area contributed by atoms with Crippen molar-refractivity contribution < 1.29 is 0 Å². The number of pyridine rings is 1. The molecule has 0 aliphatic heterocycles. The largest absolute Gasteiger partial charge is 0.252 e. The predicted molar refractivity (Wildman–Crippen MR) is 76.8 cm³/mol. The minimum Gasteiger partial charge on any atom is -0.252 e. The van der Waals surface area contributed by atoms with Gasteiger partial charge >= 0.3 is 0 Å². The fourth-order valence-corrected chi connectivity index (χ4v) is 2.64. The Bertz CT molecular complexity index is 615. The highest BCUT2D eigenvalue weighted by Gasteiger charge is 2.02. The summed E-state index contributed by atoms with van der Waals surface area (Å²) in [5, 5.41) is 2.08. The first-order valence-corrected chi connectivity index (χ1v) is 6.83. The maximum Gasteiger partial charge on any atom is 0.0805 e. The van der Waals surface area contributed by atoms with Gasteiger partial charge in [-0.3, -0.25) is 4.98 Å². The predicted octanol–water partition coefficient (Wildman–Crippen LogP) is 4.40. The molecule has 0 saturated carbocycles. The molecule has 0 aliphatic rings. The standard InChI is InChI=1S/C16H13NS/c1-2-6-13(7-3-1)12-14-8-4-9-15(17-14)16-10-5-11-18-16/h1-11H,12H2. The Balaban J connectivity index is 1.88. The fourth-order valence-electron chi connectivity index (χ4n) is 1.94. The molecule has 2 heteroatoms. The van der Waals surface area contributed by atoms with E-state index in [0.29, 0.717) is 0 Å². The monoisotopic (exact) mass is 251 g/mol. The maximum atomic E-state index is 4.72. The third kappa shape index (κ3) is 2.49. The molecule has 0 amide bonds. The van der Waals surface area contributed by atoms with Gasteiger partial charge in [0.15, 0.2) is 0 Å². The van der Waals surface area contributed by atoms with Crippen molar-refractivity contribution in [3.8, 4) is 10.6 Å². The van der Waals surface area contributed by atoms with Crippen LogP contribution >= 0.6 is 11.3 Å². The van der Waals surface area contributed by atoms with Crippen LogP contribution in [0.2, 0.25) is 0 Å². The van der Waals surface area contributed by atoms with Crippen molar-refractivity contribution >= 4 is 11.3 Å². The molecule has 18 heavy (non-hydrogen) atoms. The van der Waals surface area contributed by atoms with Gasteiger partial charge in [-0.1, -0.05) is 42.5 Å². The minimum absolute atomic E-state index is 0.889. The van der Waals surface area contributed by atoms with Crippen LogP contribution in [0.15, 0.2) is 66.0 Å². The molecule has 0 unspecified atom stereocenters. The van der Waals surface area contributed by atoms with Crippen LogP contribution < -0.4 is 0 Å². The molecule has 1 aromatic carbocycles. The number of rotatable bonds is 3. The molecule has 0 N–H and O–H groups in total. The lowest BCUT2D eigenvalue weighted by molar-refractivity contribution is 1.08. The third-order valence-electron chi connectivity index (χ3n) is 2.81. The van der Waals surface area contributed by atoms with Gasteiger partial charge in [0.05, 0.1) is 10.6 Å². The van der Waals surface area contributed by atoms with E-state index in [1.54, 1.807) is 11.3 Å². The molecule has 0 saturated heterocycles. The second-order valence-corrected chi connectivity index (χ2v) is 5.10. The van der Waals surface area contributed by atoms with E-state index in [4.69, 9.17) is 4.98 Å². The summed E-state index contributed by atoms with van der Waals surface area (Å²) in [6.45, 7) is 0. The van der Waals surface area contributed by atoms with Crippen molar-refractivity contribution in [3.63, 3.8) is 0 Å². The lowest BCUT2D eigenvalue weighted by Crippen LogP contribution is -1.92. The average Bonchev–Trinajstić information content (AvgIpc) is 2.94. The number of benzene rings is 1. The van der Waals surface area contributed by atoms with E-state index in [1.807, 2.05) is 6.07 Å². The Morgan fingerprint density at radius 1 is 0.833 bits per heavy atom. The second kappa shape index (κ2) is 5.15. The highest BCUT2D eigenvalue weighted by atomic mass is 32.1. The van der Waals surface area contributed by atoms with E-state index < -0.39 is 0 Å². The molecule has 0 radical (unpaired) electrons. The molecule has 2 heterocycles. The van der Waals surface area contributed by atoms with Crippen molar-refractivity contribution in [1.29, 1.82) is 0 Å². The first-order valence-electron chi connectivity index (χ1n) is 5.95. The topological polar surface area (TPSA) is 12.9 Å². The zero-order valence-corrected chi connectivity index (χ0v) is 10.7. The van der Waals surface area contributed by atoms with Crippen LogP contribution in [0.5, 0.6) is 0 Å². The van der Waals surface area contributed by atoms with Crippen molar-refractivity contribution in [1.82, 2.24) is 4.98 Å². The summed E-state index contributed by atoms with van der Waals surface area (Å²) >= 11 is 1.73. The van der Waals surface area contributed by atoms with Gasteiger partial charge in [0, 0.05) is 12.1 Å². The maximum absolute atomic E-state index is 4.72. The van der Waals surface area contributed by atoms with Gasteiger partial charge in [0.1, 0.15) is 0 Å². The molecule has 0 spiro atoms. The average molecular weight is 251 g/mol. The molecule has 3 aromatic rings. The van der Waals surface area contributed by atoms with E-state index in [-0.39, 0.29) is 0 Å². The third-order valence-corrected chi connectivity index (χ3v) is 3.70. The summed E-state index contributed by atoms with van der Waals surface area (Å²) in [4.78, 5) is 5.95. The molecular weight excluding hydrogens is 238 g/mol. The van der Waals surface area contributed by atoms with Gasteiger partial charge in [-0.2, -0.15) is 0 Å². The van der Waals surface area contributed by atoms with Crippen molar-refractivity contribution in [2.24, 2.45) is 0 Å². The molecule has 1 nitrogen and oxygen atoms in total. The Morgan fingerprint density at radius 3 is 2.50 bits per heavy atom. The van der Waals surface area contributed by atoms with Gasteiger partial charge in [-0.05, 0) is 29.1 Å². The highest BCUT2D eigenvalue weighted by molar-refractivity contribution is 7.13.